The quantitative estimate of drug-likeness (QED) is 0.832. The van der Waals surface area contributed by atoms with E-state index < -0.39 is 0 Å². The summed E-state index contributed by atoms with van der Waals surface area (Å²) >= 11 is 0. The summed E-state index contributed by atoms with van der Waals surface area (Å²) in [5, 5.41) is 0. The lowest BCUT2D eigenvalue weighted by Gasteiger charge is -2.12. The Kier molecular flexibility index (Phi) is 6.57. The van der Waals surface area contributed by atoms with Crippen molar-refractivity contribution >= 4 is 12.4 Å². The minimum atomic E-state index is 0. The summed E-state index contributed by atoms with van der Waals surface area (Å²) in [7, 11) is 0. The first-order chi connectivity index (χ1) is 6.65. The van der Waals surface area contributed by atoms with Crippen LogP contribution in [0.2, 0.25) is 0 Å². The maximum absolute atomic E-state index is 6.04. The van der Waals surface area contributed by atoms with E-state index in [4.69, 9.17) is 11.5 Å². The van der Waals surface area contributed by atoms with E-state index >= 15 is 0 Å². The third-order valence-electron chi connectivity index (χ3n) is 2.68. The molecule has 0 aliphatic heterocycles. The van der Waals surface area contributed by atoms with E-state index in [0.717, 1.165) is 19.4 Å². The molecule has 4 N–H and O–H groups in total. The highest BCUT2D eigenvalue weighted by atomic mass is 35.5. The summed E-state index contributed by atoms with van der Waals surface area (Å²) in [6.07, 6.45) is 1.97. The highest BCUT2D eigenvalue weighted by Crippen LogP contribution is 2.18. The number of halogens is 1. The zero-order chi connectivity index (χ0) is 10.6. The van der Waals surface area contributed by atoms with Crippen LogP contribution >= 0.6 is 12.4 Å². The van der Waals surface area contributed by atoms with Gasteiger partial charge < -0.3 is 11.5 Å². The fourth-order valence-corrected chi connectivity index (χ4v) is 1.50. The molecule has 1 rings (SSSR count). The molecule has 0 radical (unpaired) electrons. The molecule has 0 unspecified atom stereocenters. The van der Waals surface area contributed by atoms with Gasteiger partial charge in [-0.2, -0.15) is 0 Å². The summed E-state index contributed by atoms with van der Waals surface area (Å²) in [4.78, 5) is 0. The second-order valence-corrected chi connectivity index (χ2v) is 3.88. The topological polar surface area (TPSA) is 52.0 Å². The molecule has 3 heteroatoms. The van der Waals surface area contributed by atoms with Crippen LogP contribution in [0.4, 0.5) is 0 Å². The molecule has 0 aliphatic rings. The number of aryl methyl sites for hydroxylation is 2. The number of nitrogens with two attached hydrogens (primary N) is 2. The van der Waals surface area contributed by atoms with Gasteiger partial charge in [0.2, 0.25) is 0 Å². The Bertz CT molecular complexity index is 300. The zero-order valence-electron chi connectivity index (χ0n) is 9.49. The van der Waals surface area contributed by atoms with Crippen LogP contribution < -0.4 is 11.5 Å². The van der Waals surface area contributed by atoms with Gasteiger partial charge in [0.25, 0.3) is 0 Å². The molecule has 0 saturated heterocycles. The summed E-state index contributed by atoms with van der Waals surface area (Å²) in [6, 6.07) is 6.56. The van der Waals surface area contributed by atoms with Crippen molar-refractivity contribution in [2.75, 3.05) is 6.54 Å². The molecule has 1 aromatic rings. The van der Waals surface area contributed by atoms with Crippen molar-refractivity contribution in [3.05, 3.63) is 34.9 Å². The molecule has 2 nitrogen and oxygen atoms in total. The summed E-state index contributed by atoms with van der Waals surface area (Å²) in [5.74, 6) is 0. The van der Waals surface area contributed by atoms with E-state index in [-0.39, 0.29) is 18.4 Å². The van der Waals surface area contributed by atoms with Gasteiger partial charge in [-0.05, 0) is 49.9 Å². The van der Waals surface area contributed by atoms with Gasteiger partial charge in [0.1, 0.15) is 0 Å². The van der Waals surface area contributed by atoms with Crippen molar-refractivity contribution in [3.8, 4) is 0 Å². The lowest BCUT2D eigenvalue weighted by atomic mass is 9.99. The van der Waals surface area contributed by atoms with Crippen molar-refractivity contribution < 1.29 is 0 Å². The third-order valence-corrected chi connectivity index (χ3v) is 2.68. The largest absolute Gasteiger partial charge is 0.330 e. The molecule has 0 bridgehead atoms. The van der Waals surface area contributed by atoms with Gasteiger partial charge in [0, 0.05) is 6.04 Å². The Balaban J connectivity index is 0.00000196. The Morgan fingerprint density at radius 1 is 1.20 bits per heavy atom. The summed E-state index contributed by atoms with van der Waals surface area (Å²) in [5.41, 5.74) is 15.4. The van der Waals surface area contributed by atoms with Crippen LogP contribution in [0.1, 0.15) is 35.6 Å². The second kappa shape index (κ2) is 6.83. The lowest BCUT2D eigenvalue weighted by molar-refractivity contribution is 0.617. The number of rotatable bonds is 4. The van der Waals surface area contributed by atoms with Crippen molar-refractivity contribution in [1.29, 1.82) is 0 Å². The maximum atomic E-state index is 6.04. The Morgan fingerprint density at radius 2 is 1.87 bits per heavy atom. The van der Waals surface area contributed by atoms with Crippen molar-refractivity contribution in [3.63, 3.8) is 0 Å². The van der Waals surface area contributed by atoms with Gasteiger partial charge in [0.05, 0.1) is 0 Å². The molecule has 1 atom stereocenters. The van der Waals surface area contributed by atoms with E-state index in [2.05, 4.69) is 32.0 Å². The SMILES string of the molecule is Cc1ccc([C@@H](N)CCCN)cc1C.Cl. The Labute approximate surface area is 98.5 Å². The van der Waals surface area contributed by atoms with E-state index in [9.17, 15) is 0 Å². The van der Waals surface area contributed by atoms with E-state index in [0.29, 0.717) is 0 Å². The lowest BCUT2D eigenvalue weighted by Crippen LogP contribution is -2.12. The summed E-state index contributed by atoms with van der Waals surface area (Å²) < 4.78 is 0. The average molecular weight is 229 g/mol. The third kappa shape index (κ3) is 4.20. The molecule has 0 spiro atoms. The molecule has 0 fully saturated rings. The first-order valence-corrected chi connectivity index (χ1v) is 5.18. The molecule has 0 saturated carbocycles. The van der Waals surface area contributed by atoms with Gasteiger partial charge in [-0.15, -0.1) is 12.4 Å². The van der Waals surface area contributed by atoms with Gasteiger partial charge in [-0.3, -0.25) is 0 Å². The standard InChI is InChI=1S/C12H20N2.ClH/c1-9-5-6-11(8-10(9)2)12(14)4-3-7-13;/h5-6,8,12H,3-4,7,13-14H2,1-2H3;1H/t12-;/m0./s1. The van der Waals surface area contributed by atoms with Crippen LogP contribution in [0.15, 0.2) is 18.2 Å². The molecule has 1 aromatic carbocycles. The van der Waals surface area contributed by atoms with Crippen molar-refractivity contribution in [2.45, 2.75) is 32.7 Å². The molecule has 0 amide bonds. The normalized spacial score (nSPS) is 12.0. The molecular weight excluding hydrogens is 208 g/mol. The fraction of sp³-hybridized carbons (Fsp3) is 0.500. The molecule has 0 aromatic heterocycles. The molecule has 86 valence electrons. The predicted octanol–water partition coefficient (Wildman–Crippen LogP) is 2.46. The average Bonchev–Trinajstić information content (AvgIpc) is 2.18. The monoisotopic (exact) mass is 228 g/mol. The van der Waals surface area contributed by atoms with Gasteiger partial charge in [-0.25, -0.2) is 0 Å². The van der Waals surface area contributed by atoms with E-state index in [1.54, 1.807) is 0 Å². The van der Waals surface area contributed by atoms with E-state index in [1.165, 1.54) is 16.7 Å². The first kappa shape index (κ1) is 14.4. The van der Waals surface area contributed by atoms with Crippen LogP contribution in [0, 0.1) is 13.8 Å². The predicted molar refractivity (Wildman–Crippen MR) is 68.4 cm³/mol. The van der Waals surface area contributed by atoms with Crippen molar-refractivity contribution in [2.24, 2.45) is 11.5 Å². The minimum absolute atomic E-state index is 0. The number of benzene rings is 1. The molecular formula is C12H21ClN2. The number of hydrogen-bond donors (Lipinski definition) is 2. The molecule has 0 heterocycles. The Morgan fingerprint density at radius 3 is 2.40 bits per heavy atom. The van der Waals surface area contributed by atoms with Gasteiger partial charge in [0.15, 0.2) is 0 Å². The van der Waals surface area contributed by atoms with Gasteiger partial charge in [-0.1, -0.05) is 18.2 Å². The first-order valence-electron chi connectivity index (χ1n) is 5.18. The van der Waals surface area contributed by atoms with Crippen LogP contribution in [0.25, 0.3) is 0 Å². The van der Waals surface area contributed by atoms with Crippen LogP contribution in [0.3, 0.4) is 0 Å². The fourth-order valence-electron chi connectivity index (χ4n) is 1.50. The van der Waals surface area contributed by atoms with Crippen molar-refractivity contribution in [1.82, 2.24) is 0 Å². The van der Waals surface area contributed by atoms with Crippen LogP contribution in [-0.4, -0.2) is 6.54 Å². The van der Waals surface area contributed by atoms with Gasteiger partial charge >= 0.3 is 0 Å². The molecule has 0 aliphatic carbocycles. The number of hydrogen-bond acceptors (Lipinski definition) is 2. The van der Waals surface area contributed by atoms with Crippen LogP contribution in [0.5, 0.6) is 0 Å². The minimum Gasteiger partial charge on any atom is -0.330 e. The smallest absolute Gasteiger partial charge is 0.0295 e. The van der Waals surface area contributed by atoms with Crippen LogP contribution in [-0.2, 0) is 0 Å². The summed E-state index contributed by atoms with van der Waals surface area (Å²) in [6.45, 7) is 4.96. The highest BCUT2D eigenvalue weighted by Gasteiger charge is 2.05. The molecule has 15 heavy (non-hydrogen) atoms. The maximum Gasteiger partial charge on any atom is 0.0295 e. The zero-order valence-corrected chi connectivity index (χ0v) is 10.3. The second-order valence-electron chi connectivity index (χ2n) is 3.88. The van der Waals surface area contributed by atoms with E-state index in [1.807, 2.05) is 0 Å². The highest BCUT2D eigenvalue weighted by molar-refractivity contribution is 5.85. The Hall–Kier alpha value is -0.570.